The van der Waals surface area contributed by atoms with Gasteiger partial charge in [-0.2, -0.15) is 0 Å². The van der Waals surface area contributed by atoms with E-state index in [0.717, 1.165) is 5.70 Å². The predicted molar refractivity (Wildman–Crippen MR) is 54.4 cm³/mol. The van der Waals surface area contributed by atoms with Gasteiger partial charge < -0.3 is 16.0 Å². The van der Waals surface area contributed by atoms with E-state index in [0.29, 0.717) is 11.8 Å². The Bertz CT molecular complexity index is 371. The number of hydrogen-bond acceptors (Lipinski definition) is 5. The fourth-order valence-electron chi connectivity index (χ4n) is 1.85. The number of fused-ring (bicyclic) bond motifs is 1. The van der Waals surface area contributed by atoms with Gasteiger partial charge in [-0.05, 0) is 12.8 Å². The Morgan fingerprint density at radius 2 is 2.13 bits per heavy atom. The lowest BCUT2D eigenvalue weighted by atomic mass is 10.1. The maximum Gasteiger partial charge on any atom is 0.252 e. The minimum absolute atomic E-state index is 0.119. The molecular weight excluding hydrogens is 194 g/mol. The van der Waals surface area contributed by atoms with E-state index in [-0.39, 0.29) is 5.91 Å². The van der Waals surface area contributed by atoms with Gasteiger partial charge >= 0.3 is 0 Å². The molecule has 1 saturated carbocycles. The molecule has 1 saturated heterocycles. The summed E-state index contributed by atoms with van der Waals surface area (Å²) >= 11 is 0. The summed E-state index contributed by atoms with van der Waals surface area (Å²) in [5.74, 6) is 1.06. The summed E-state index contributed by atoms with van der Waals surface area (Å²) in [5, 5.41) is 8.72. The van der Waals surface area contributed by atoms with Crippen LogP contribution in [0.3, 0.4) is 0 Å². The second-order valence-corrected chi connectivity index (χ2v) is 4.08. The average molecular weight is 207 g/mol. The molecule has 1 amide bonds. The number of hydrogen-bond donors (Lipinski definition) is 4. The van der Waals surface area contributed by atoms with Gasteiger partial charge in [0, 0.05) is 17.8 Å². The van der Waals surface area contributed by atoms with Gasteiger partial charge in [-0.3, -0.25) is 10.5 Å². The summed E-state index contributed by atoms with van der Waals surface area (Å²) < 4.78 is 0. The van der Waals surface area contributed by atoms with Gasteiger partial charge in [0.1, 0.15) is 5.84 Å². The molecule has 80 valence electrons. The van der Waals surface area contributed by atoms with Crippen molar-refractivity contribution in [1.82, 2.24) is 16.0 Å². The van der Waals surface area contributed by atoms with Crippen LogP contribution in [-0.2, 0) is 4.79 Å². The number of amides is 1. The highest BCUT2D eigenvalue weighted by molar-refractivity contribution is 6.09. The Hall–Kier alpha value is -1.56. The summed E-state index contributed by atoms with van der Waals surface area (Å²) in [7, 11) is 0. The third-order valence-electron chi connectivity index (χ3n) is 2.81. The lowest BCUT2D eigenvalue weighted by Gasteiger charge is -2.33. The van der Waals surface area contributed by atoms with Crippen LogP contribution in [0.1, 0.15) is 12.8 Å². The predicted octanol–water partition coefficient (Wildman–Crippen LogP) is -1.43. The quantitative estimate of drug-likeness (QED) is 0.424. The molecule has 2 heterocycles. The number of rotatable bonds is 1. The first-order valence-electron chi connectivity index (χ1n) is 5.11. The number of aliphatic imine (C=N–C) groups is 1. The van der Waals surface area contributed by atoms with Crippen LogP contribution in [0.4, 0.5) is 0 Å². The number of carbonyl (C=O) groups excluding carboxylic acids is 1. The molecule has 2 unspecified atom stereocenters. The van der Waals surface area contributed by atoms with Crippen LogP contribution in [-0.4, -0.2) is 24.1 Å². The van der Waals surface area contributed by atoms with Gasteiger partial charge in [-0.15, -0.1) is 0 Å². The third kappa shape index (κ3) is 1.46. The Morgan fingerprint density at radius 3 is 2.87 bits per heavy atom. The van der Waals surface area contributed by atoms with E-state index in [1.54, 1.807) is 6.20 Å². The number of allylic oxidation sites excluding steroid dienone is 1. The van der Waals surface area contributed by atoms with E-state index in [1.165, 1.54) is 12.8 Å². The summed E-state index contributed by atoms with van der Waals surface area (Å²) in [6.45, 7) is 0. The summed E-state index contributed by atoms with van der Waals surface area (Å²) in [6, 6.07) is -0.398. The largest absolute Gasteiger partial charge is 0.369 e. The lowest BCUT2D eigenvalue weighted by molar-refractivity contribution is -0.123. The summed E-state index contributed by atoms with van der Waals surface area (Å²) in [6.07, 6.45) is 3.63. The number of amidine groups is 1. The van der Waals surface area contributed by atoms with Crippen LogP contribution in [0.15, 0.2) is 16.9 Å². The number of nitrogens with two attached hydrogens (primary N) is 1. The number of nitrogens with one attached hydrogen (secondary N) is 3. The van der Waals surface area contributed by atoms with Crippen molar-refractivity contribution in [2.75, 3.05) is 0 Å². The van der Waals surface area contributed by atoms with Crippen molar-refractivity contribution in [1.29, 1.82) is 0 Å². The third-order valence-corrected chi connectivity index (χ3v) is 2.81. The highest BCUT2D eigenvalue weighted by Gasteiger charge is 2.37. The van der Waals surface area contributed by atoms with Crippen LogP contribution in [0.25, 0.3) is 0 Å². The second kappa shape index (κ2) is 2.96. The fraction of sp³-hybridized carbons (Fsp3) is 0.556. The monoisotopic (exact) mass is 207 g/mol. The van der Waals surface area contributed by atoms with Crippen LogP contribution < -0.4 is 21.7 Å². The average Bonchev–Trinajstić information content (AvgIpc) is 3.00. The SMILES string of the molecule is NC1NC(=O)C2NC(C3CC3)=CN=C2N1. The molecule has 3 rings (SSSR count). The maximum absolute atomic E-state index is 11.6. The molecule has 6 heteroatoms. The highest BCUT2D eigenvalue weighted by atomic mass is 16.2. The molecule has 2 aliphatic heterocycles. The van der Waals surface area contributed by atoms with Gasteiger partial charge in [0.05, 0.1) is 0 Å². The number of carbonyl (C=O) groups is 1. The second-order valence-electron chi connectivity index (χ2n) is 4.08. The molecular formula is C9H13N5O. The maximum atomic E-state index is 11.6. The molecule has 5 N–H and O–H groups in total. The van der Waals surface area contributed by atoms with Crippen molar-refractivity contribution in [3.8, 4) is 0 Å². The highest BCUT2D eigenvalue weighted by Crippen LogP contribution is 2.36. The van der Waals surface area contributed by atoms with Crippen molar-refractivity contribution in [3.05, 3.63) is 11.9 Å². The zero-order valence-electron chi connectivity index (χ0n) is 8.16. The zero-order valence-corrected chi connectivity index (χ0v) is 8.16. The van der Waals surface area contributed by atoms with Crippen molar-refractivity contribution in [2.24, 2.45) is 16.6 Å². The molecule has 2 atom stereocenters. The molecule has 0 spiro atoms. The van der Waals surface area contributed by atoms with Crippen LogP contribution >= 0.6 is 0 Å². The Kier molecular flexibility index (Phi) is 1.72. The normalized spacial score (nSPS) is 34.1. The molecule has 2 fully saturated rings. The van der Waals surface area contributed by atoms with Gasteiger partial charge in [-0.1, -0.05) is 0 Å². The lowest BCUT2D eigenvalue weighted by Crippen LogP contribution is -2.69. The van der Waals surface area contributed by atoms with Crippen LogP contribution in [0.5, 0.6) is 0 Å². The molecule has 0 aromatic heterocycles. The van der Waals surface area contributed by atoms with E-state index >= 15 is 0 Å². The molecule has 1 aliphatic carbocycles. The molecule has 6 nitrogen and oxygen atoms in total. The van der Waals surface area contributed by atoms with Crippen LogP contribution in [0, 0.1) is 5.92 Å². The van der Waals surface area contributed by atoms with E-state index in [9.17, 15) is 4.79 Å². The van der Waals surface area contributed by atoms with Crippen molar-refractivity contribution in [3.63, 3.8) is 0 Å². The Labute approximate surface area is 87.0 Å². The van der Waals surface area contributed by atoms with Gasteiger partial charge in [0.15, 0.2) is 12.3 Å². The number of nitrogens with zero attached hydrogens (tertiary/aromatic N) is 1. The molecule has 0 radical (unpaired) electrons. The molecule has 15 heavy (non-hydrogen) atoms. The van der Waals surface area contributed by atoms with E-state index in [4.69, 9.17) is 5.73 Å². The van der Waals surface area contributed by atoms with Gasteiger partial charge in [-0.25, -0.2) is 4.99 Å². The Morgan fingerprint density at radius 1 is 1.33 bits per heavy atom. The van der Waals surface area contributed by atoms with E-state index in [2.05, 4.69) is 20.9 Å². The standard InChI is InChI=1S/C9H13N5O/c10-9-13-7-6(8(15)14-9)12-5(3-11-7)4-1-2-4/h3-4,6,9,12H,1-2,10H2,(H,11,13)(H,14,15). The molecule has 0 bridgehead atoms. The van der Waals surface area contributed by atoms with Crippen molar-refractivity contribution in [2.45, 2.75) is 25.2 Å². The first-order valence-corrected chi connectivity index (χ1v) is 5.11. The van der Waals surface area contributed by atoms with Gasteiger partial charge in [0.25, 0.3) is 5.91 Å². The fourth-order valence-corrected chi connectivity index (χ4v) is 1.85. The van der Waals surface area contributed by atoms with Crippen molar-refractivity contribution >= 4 is 11.7 Å². The minimum atomic E-state index is -0.537. The molecule has 0 aromatic rings. The van der Waals surface area contributed by atoms with Crippen molar-refractivity contribution < 1.29 is 4.79 Å². The van der Waals surface area contributed by atoms with Crippen LogP contribution in [0.2, 0.25) is 0 Å². The molecule has 0 aromatic carbocycles. The van der Waals surface area contributed by atoms with E-state index in [1.807, 2.05) is 0 Å². The summed E-state index contributed by atoms with van der Waals surface area (Å²) in [4.78, 5) is 15.9. The smallest absolute Gasteiger partial charge is 0.252 e. The first kappa shape index (κ1) is 8.72. The molecule has 3 aliphatic rings. The van der Waals surface area contributed by atoms with Gasteiger partial charge in [0.2, 0.25) is 0 Å². The Balaban J connectivity index is 1.85. The minimum Gasteiger partial charge on any atom is -0.369 e. The summed E-state index contributed by atoms with van der Waals surface area (Å²) in [5.41, 5.74) is 6.63. The first-order chi connectivity index (χ1) is 7.24. The topological polar surface area (TPSA) is 91.5 Å². The van der Waals surface area contributed by atoms with E-state index < -0.39 is 12.3 Å². The zero-order chi connectivity index (χ0) is 10.4.